The number of amides is 4. The van der Waals surface area contributed by atoms with Gasteiger partial charge in [0.1, 0.15) is 0 Å². The van der Waals surface area contributed by atoms with Crippen LogP contribution in [-0.2, 0) is 9.53 Å². The van der Waals surface area contributed by atoms with Crippen LogP contribution < -0.4 is 10.6 Å². The van der Waals surface area contributed by atoms with Crippen LogP contribution in [0.25, 0.3) is 0 Å². The first-order valence-corrected chi connectivity index (χ1v) is 10.2. The third-order valence-electron chi connectivity index (χ3n) is 5.18. The number of carbonyl (C=O) groups excluding carboxylic acids is 4. The van der Waals surface area contributed by atoms with Crippen molar-refractivity contribution in [3.63, 3.8) is 0 Å². The smallest absolute Gasteiger partial charge is 0.261 e. The molecular weight excluding hydrogens is 422 g/mol. The van der Waals surface area contributed by atoms with Gasteiger partial charge in [-0.3, -0.25) is 24.1 Å². The van der Waals surface area contributed by atoms with Crippen LogP contribution in [0.3, 0.4) is 0 Å². The first-order chi connectivity index (χ1) is 14.8. The maximum Gasteiger partial charge on any atom is 0.261 e. The van der Waals surface area contributed by atoms with E-state index in [0.29, 0.717) is 18.0 Å². The Bertz CT molecular complexity index is 1090. The van der Waals surface area contributed by atoms with Crippen molar-refractivity contribution in [1.29, 1.82) is 0 Å². The fourth-order valence-electron chi connectivity index (χ4n) is 3.68. The second-order valence-electron chi connectivity index (χ2n) is 7.45. The van der Waals surface area contributed by atoms with Crippen molar-refractivity contribution in [2.75, 3.05) is 23.8 Å². The molecule has 9 heteroatoms. The molecule has 0 saturated carbocycles. The second kappa shape index (κ2) is 8.49. The van der Waals surface area contributed by atoms with Crippen LogP contribution in [0, 0.1) is 0 Å². The lowest BCUT2D eigenvalue weighted by Crippen LogP contribution is -2.36. The number of nitrogens with one attached hydrogen (secondary N) is 2. The zero-order valence-corrected chi connectivity index (χ0v) is 17.5. The Morgan fingerprint density at radius 2 is 1.87 bits per heavy atom. The zero-order valence-electron chi connectivity index (χ0n) is 16.7. The highest BCUT2D eigenvalue weighted by atomic mass is 35.5. The summed E-state index contributed by atoms with van der Waals surface area (Å²) in [5.41, 5.74) is 1.57. The van der Waals surface area contributed by atoms with Gasteiger partial charge in [-0.25, -0.2) is 0 Å². The standard InChI is InChI=1S/C22H20ClN3O5/c1-12(27)24-19-7-5-14(10-18(19)23)25-20(28)13-4-6-16-17(9-13)22(30)26(21(16)29)11-15-3-2-8-31-15/h4-7,9-10,15H,2-3,8,11H2,1H3,(H,24,27)(H,25,28). The lowest BCUT2D eigenvalue weighted by molar-refractivity contribution is -0.114. The Hall–Kier alpha value is -3.23. The molecule has 1 saturated heterocycles. The molecule has 1 unspecified atom stereocenters. The molecule has 0 aromatic heterocycles. The van der Waals surface area contributed by atoms with E-state index in [9.17, 15) is 19.2 Å². The van der Waals surface area contributed by atoms with Crippen molar-refractivity contribution in [1.82, 2.24) is 4.90 Å². The monoisotopic (exact) mass is 441 g/mol. The summed E-state index contributed by atoms with van der Waals surface area (Å²) >= 11 is 6.14. The van der Waals surface area contributed by atoms with Crippen LogP contribution in [0.4, 0.5) is 11.4 Å². The van der Waals surface area contributed by atoms with Gasteiger partial charge in [0.2, 0.25) is 5.91 Å². The van der Waals surface area contributed by atoms with E-state index in [-0.39, 0.29) is 46.2 Å². The van der Waals surface area contributed by atoms with Crippen LogP contribution in [0.5, 0.6) is 0 Å². The summed E-state index contributed by atoms with van der Waals surface area (Å²) in [6.07, 6.45) is 1.58. The number of benzene rings is 2. The molecule has 1 atom stereocenters. The highest BCUT2D eigenvalue weighted by Crippen LogP contribution is 2.28. The van der Waals surface area contributed by atoms with Gasteiger partial charge in [-0.2, -0.15) is 0 Å². The zero-order chi connectivity index (χ0) is 22.1. The van der Waals surface area contributed by atoms with Crippen LogP contribution in [0.1, 0.15) is 50.8 Å². The number of nitrogens with zero attached hydrogens (tertiary/aromatic N) is 1. The number of anilines is 2. The average Bonchev–Trinajstić information content (AvgIpc) is 3.32. The lowest BCUT2D eigenvalue weighted by atomic mass is 10.1. The Kier molecular flexibility index (Phi) is 5.75. The molecule has 0 aliphatic carbocycles. The average molecular weight is 442 g/mol. The van der Waals surface area contributed by atoms with Crippen molar-refractivity contribution in [2.24, 2.45) is 0 Å². The molecule has 2 heterocycles. The number of fused-ring (bicyclic) bond motifs is 1. The molecule has 4 rings (SSSR count). The molecule has 31 heavy (non-hydrogen) atoms. The Labute approximate surface area is 183 Å². The van der Waals surface area contributed by atoms with Crippen molar-refractivity contribution in [3.05, 3.63) is 58.1 Å². The predicted molar refractivity (Wildman–Crippen MR) is 114 cm³/mol. The van der Waals surface area contributed by atoms with Gasteiger partial charge in [-0.15, -0.1) is 0 Å². The first-order valence-electron chi connectivity index (χ1n) is 9.84. The van der Waals surface area contributed by atoms with Gasteiger partial charge in [-0.1, -0.05) is 11.6 Å². The topological polar surface area (TPSA) is 105 Å². The quantitative estimate of drug-likeness (QED) is 0.692. The molecule has 1 fully saturated rings. The maximum atomic E-state index is 12.8. The molecule has 2 N–H and O–H groups in total. The molecule has 0 radical (unpaired) electrons. The molecule has 0 spiro atoms. The summed E-state index contributed by atoms with van der Waals surface area (Å²) in [7, 11) is 0. The molecule has 2 aromatic rings. The van der Waals surface area contributed by atoms with E-state index >= 15 is 0 Å². The molecular formula is C22H20ClN3O5. The third kappa shape index (κ3) is 4.30. The van der Waals surface area contributed by atoms with E-state index < -0.39 is 11.8 Å². The third-order valence-corrected chi connectivity index (χ3v) is 5.49. The van der Waals surface area contributed by atoms with Gasteiger partial charge in [0.25, 0.3) is 17.7 Å². The number of hydrogen-bond donors (Lipinski definition) is 2. The number of carbonyl (C=O) groups is 4. The summed E-state index contributed by atoms with van der Waals surface area (Å²) in [4.78, 5) is 50.4. The minimum absolute atomic E-state index is 0.143. The predicted octanol–water partition coefficient (Wildman–Crippen LogP) is 3.33. The highest BCUT2D eigenvalue weighted by molar-refractivity contribution is 6.34. The van der Waals surface area contributed by atoms with E-state index in [0.717, 1.165) is 12.8 Å². The van der Waals surface area contributed by atoms with Gasteiger partial charge in [0.05, 0.1) is 34.5 Å². The SMILES string of the molecule is CC(=O)Nc1ccc(NC(=O)c2ccc3c(c2)C(=O)N(CC2CCCO2)C3=O)cc1Cl. The summed E-state index contributed by atoms with van der Waals surface area (Å²) in [6.45, 7) is 2.22. The van der Waals surface area contributed by atoms with Gasteiger partial charge < -0.3 is 15.4 Å². The van der Waals surface area contributed by atoms with Crippen molar-refractivity contribution >= 4 is 46.6 Å². The van der Waals surface area contributed by atoms with Crippen molar-refractivity contribution in [2.45, 2.75) is 25.9 Å². The molecule has 0 bridgehead atoms. The molecule has 4 amide bonds. The first kappa shape index (κ1) is 21.0. The number of imide groups is 1. The highest BCUT2D eigenvalue weighted by Gasteiger charge is 2.37. The second-order valence-corrected chi connectivity index (χ2v) is 7.85. The fourth-order valence-corrected chi connectivity index (χ4v) is 3.90. The number of rotatable bonds is 5. The van der Waals surface area contributed by atoms with Crippen LogP contribution >= 0.6 is 11.6 Å². The maximum absolute atomic E-state index is 12.8. The Morgan fingerprint density at radius 3 is 2.55 bits per heavy atom. The molecule has 160 valence electrons. The normalized spacial score (nSPS) is 17.6. The van der Waals surface area contributed by atoms with Gasteiger partial charge in [0.15, 0.2) is 0 Å². The van der Waals surface area contributed by atoms with E-state index in [4.69, 9.17) is 16.3 Å². The van der Waals surface area contributed by atoms with E-state index in [1.54, 1.807) is 12.1 Å². The summed E-state index contributed by atoms with van der Waals surface area (Å²) in [5, 5.41) is 5.56. The van der Waals surface area contributed by atoms with Crippen LogP contribution in [0.2, 0.25) is 5.02 Å². The molecule has 8 nitrogen and oxygen atoms in total. The number of halogens is 1. The molecule has 2 aliphatic rings. The number of ether oxygens (including phenoxy) is 1. The lowest BCUT2D eigenvalue weighted by Gasteiger charge is -2.17. The Balaban J connectivity index is 1.49. The minimum atomic E-state index is -0.455. The van der Waals surface area contributed by atoms with Crippen molar-refractivity contribution < 1.29 is 23.9 Å². The van der Waals surface area contributed by atoms with Crippen LogP contribution in [0.15, 0.2) is 36.4 Å². The summed E-state index contributed by atoms with van der Waals surface area (Å²) in [6, 6.07) is 9.10. The molecule has 2 aliphatic heterocycles. The van der Waals surface area contributed by atoms with Crippen LogP contribution in [-0.4, -0.2) is 47.8 Å². The summed E-state index contributed by atoms with van der Waals surface area (Å²) < 4.78 is 5.53. The Morgan fingerprint density at radius 1 is 1.10 bits per heavy atom. The summed E-state index contributed by atoms with van der Waals surface area (Å²) in [5.74, 6) is -1.51. The van der Waals surface area contributed by atoms with E-state index in [2.05, 4.69) is 10.6 Å². The van der Waals surface area contributed by atoms with Gasteiger partial charge in [-0.05, 0) is 49.2 Å². The van der Waals surface area contributed by atoms with Gasteiger partial charge >= 0.3 is 0 Å². The fraction of sp³-hybridized carbons (Fsp3) is 0.273. The molecule has 2 aromatic carbocycles. The minimum Gasteiger partial charge on any atom is -0.376 e. The van der Waals surface area contributed by atoms with E-state index in [1.807, 2.05) is 0 Å². The van der Waals surface area contributed by atoms with Crippen molar-refractivity contribution in [3.8, 4) is 0 Å². The largest absolute Gasteiger partial charge is 0.376 e. The van der Waals surface area contributed by atoms with E-state index in [1.165, 1.54) is 36.1 Å². The van der Waals surface area contributed by atoms with Gasteiger partial charge in [0, 0.05) is 24.8 Å². The number of hydrogen-bond acceptors (Lipinski definition) is 5.